The van der Waals surface area contributed by atoms with Gasteiger partial charge in [-0.05, 0) is 52.1 Å². The quantitative estimate of drug-likeness (QED) is 0.821. The Bertz CT molecular complexity index is 289. The molecule has 0 bridgehead atoms. The highest BCUT2D eigenvalue weighted by atomic mass is 15.3. The molecule has 3 fully saturated rings. The lowest BCUT2D eigenvalue weighted by molar-refractivity contribution is 0.165. The van der Waals surface area contributed by atoms with E-state index in [1.54, 1.807) is 0 Å². The first-order valence-electron chi connectivity index (χ1n) is 7.84. The molecule has 4 unspecified atom stereocenters. The van der Waals surface area contributed by atoms with E-state index in [0.717, 1.165) is 30.1 Å². The third kappa shape index (κ3) is 2.73. The fraction of sp³-hybridized carbons (Fsp3) is 1.00. The molecule has 1 saturated carbocycles. The van der Waals surface area contributed by atoms with Gasteiger partial charge < -0.3 is 10.2 Å². The van der Waals surface area contributed by atoms with E-state index >= 15 is 0 Å². The number of nitrogens with one attached hydrogen (secondary N) is 1. The van der Waals surface area contributed by atoms with Crippen molar-refractivity contribution < 1.29 is 0 Å². The molecule has 0 radical (unpaired) electrons. The molecule has 1 N–H and O–H groups in total. The van der Waals surface area contributed by atoms with Gasteiger partial charge in [0.15, 0.2) is 0 Å². The number of likely N-dealkylation sites (tertiary alicyclic amines) is 2. The predicted molar refractivity (Wildman–Crippen MR) is 75.8 cm³/mol. The molecule has 4 atom stereocenters. The van der Waals surface area contributed by atoms with Crippen LogP contribution in [0.25, 0.3) is 0 Å². The zero-order valence-corrected chi connectivity index (χ0v) is 12.2. The lowest BCUT2D eigenvalue weighted by atomic mass is 9.93. The Kier molecular flexibility index (Phi) is 3.65. The number of hydrogen-bond donors (Lipinski definition) is 1. The summed E-state index contributed by atoms with van der Waals surface area (Å²) in [6.45, 7) is 8.64. The lowest BCUT2D eigenvalue weighted by Gasteiger charge is -2.37. The maximum absolute atomic E-state index is 3.96. The van der Waals surface area contributed by atoms with Crippen LogP contribution in [0.15, 0.2) is 0 Å². The van der Waals surface area contributed by atoms with Crippen molar-refractivity contribution in [3.63, 3.8) is 0 Å². The summed E-state index contributed by atoms with van der Waals surface area (Å²) in [5.41, 5.74) is 0. The smallest absolute Gasteiger partial charge is 0.0212 e. The van der Waals surface area contributed by atoms with Gasteiger partial charge in [0.1, 0.15) is 0 Å². The second-order valence-corrected chi connectivity index (χ2v) is 7.01. The Morgan fingerprint density at radius 2 is 1.83 bits per heavy atom. The Hall–Kier alpha value is -0.120. The van der Waals surface area contributed by atoms with Gasteiger partial charge in [0, 0.05) is 37.3 Å². The number of rotatable bonds is 3. The minimum Gasteiger partial charge on any atom is -0.310 e. The highest BCUT2D eigenvalue weighted by Gasteiger charge is 2.39. The average Bonchev–Trinajstić information content (AvgIpc) is 3.08. The van der Waals surface area contributed by atoms with E-state index in [1.807, 2.05) is 0 Å². The first kappa shape index (κ1) is 12.9. The van der Waals surface area contributed by atoms with Crippen molar-refractivity contribution >= 4 is 0 Å². The second kappa shape index (κ2) is 5.10. The molecule has 2 heterocycles. The van der Waals surface area contributed by atoms with Crippen LogP contribution in [0.5, 0.6) is 0 Å². The zero-order valence-electron chi connectivity index (χ0n) is 12.2. The van der Waals surface area contributed by atoms with E-state index in [4.69, 9.17) is 0 Å². The molecule has 1 aliphatic carbocycles. The van der Waals surface area contributed by atoms with E-state index in [0.29, 0.717) is 0 Å². The SMILES string of the molecule is CC1CN(C)CCC1NC1CC(C)N(C2CC2)C1. The Morgan fingerprint density at radius 3 is 2.50 bits per heavy atom. The molecule has 0 aromatic rings. The van der Waals surface area contributed by atoms with Crippen LogP contribution in [-0.4, -0.2) is 60.6 Å². The number of piperidine rings is 1. The summed E-state index contributed by atoms with van der Waals surface area (Å²) in [6.07, 6.45) is 5.57. The molecule has 0 aromatic carbocycles. The van der Waals surface area contributed by atoms with Crippen molar-refractivity contribution in [2.45, 2.75) is 63.7 Å². The van der Waals surface area contributed by atoms with Crippen molar-refractivity contribution in [1.82, 2.24) is 15.1 Å². The predicted octanol–water partition coefficient (Wildman–Crippen LogP) is 1.54. The summed E-state index contributed by atoms with van der Waals surface area (Å²) in [4.78, 5) is 5.22. The molecule has 0 aromatic heterocycles. The molecular formula is C15H29N3. The van der Waals surface area contributed by atoms with Crippen molar-refractivity contribution in [2.75, 3.05) is 26.7 Å². The standard InChI is InChI=1S/C15H29N3/c1-11-9-17(3)7-6-15(11)16-13-8-12(2)18(10-13)14-4-5-14/h11-16H,4-10H2,1-3H3. The lowest BCUT2D eigenvalue weighted by Crippen LogP contribution is -2.50. The largest absolute Gasteiger partial charge is 0.310 e. The van der Waals surface area contributed by atoms with Crippen molar-refractivity contribution in [3.05, 3.63) is 0 Å². The maximum atomic E-state index is 3.96. The average molecular weight is 251 g/mol. The summed E-state index contributed by atoms with van der Waals surface area (Å²) in [6, 6.07) is 3.23. The highest BCUT2D eigenvalue weighted by molar-refractivity contribution is 4.97. The topological polar surface area (TPSA) is 18.5 Å². The first-order valence-corrected chi connectivity index (χ1v) is 7.84. The van der Waals surface area contributed by atoms with E-state index in [1.165, 1.54) is 45.3 Å². The summed E-state index contributed by atoms with van der Waals surface area (Å²) >= 11 is 0. The van der Waals surface area contributed by atoms with E-state index < -0.39 is 0 Å². The third-order valence-electron chi connectivity index (χ3n) is 5.20. The monoisotopic (exact) mass is 251 g/mol. The van der Waals surface area contributed by atoms with Gasteiger partial charge in [0.2, 0.25) is 0 Å². The number of hydrogen-bond acceptors (Lipinski definition) is 3. The Labute approximate surface area is 112 Å². The van der Waals surface area contributed by atoms with Crippen molar-refractivity contribution in [1.29, 1.82) is 0 Å². The maximum Gasteiger partial charge on any atom is 0.0212 e. The van der Waals surface area contributed by atoms with Gasteiger partial charge in [-0.2, -0.15) is 0 Å². The van der Waals surface area contributed by atoms with Crippen molar-refractivity contribution in [2.24, 2.45) is 5.92 Å². The van der Waals surface area contributed by atoms with Crippen LogP contribution < -0.4 is 5.32 Å². The Morgan fingerprint density at radius 1 is 1.06 bits per heavy atom. The van der Waals surface area contributed by atoms with Crippen LogP contribution >= 0.6 is 0 Å². The molecule has 0 spiro atoms. The summed E-state index contributed by atoms with van der Waals surface area (Å²) < 4.78 is 0. The van der Waals surface area contributed by atoms with Crippen molar-refractivity contribution in [3.8, 4) is 0 Å². The molecular weight excluding hydrogens is 222 g/mol. The first-order chi connectivity index (χ1) is 8.63. The number of nitrogens with zero attached hydrogens (tertiary/aromatic N) is 2. The summed E-state index contributed by atoms with van der Waals surface area (Å²) in [5, 5.41) is 3.96. The van der Waals surface area contributed by atoms with E-state index in [9.17, 15) is 0 Å². The van der Waals surface area contributed by atoms with Gasteiger partial charge in [-0.3, -0.25) is 4.90 Å². The fourth-order valence-electron chi connectivity index (χ4n) is 4.00. The van der Waals surface area contributed by atoms with Crippen LogP contribution in [0.4, 0.5) is 0 Å². The highest BCUT2D eigenvalue weighted by Crippen LogP contribution is 2.33. The van der Waals surface area contributed by atoms with Gasteiger partial charge in [-0.15, -0.1) is 0 Å². The van der Waals surface area contributed by atoms with Crippen LogP contribution in [0.3, 0.4) is 0 Å². The molecule has 104 valence electrons. The van der Waals surface area contributed by atoms with Crippen LogP contribution in [0, 0.1) is 5.92 Å². The molecule has 0 amide bonds. The van der Waals surface area contributed by atoms with Gasteiger partial charge in [0.05, 0.1) is 0 Å². The van der Waals surface area contributed by atoms with Gasteiger partial charge in [0.25, 0.3) is 0 Å². The summed E-state index contributed by atoms with van der Waals surface area (Å²) in [5.74, 6) is 0.800. The van der Waals surface area contributed by atoms with Gasteiger partial charge in [-0.25, -0.2) is 0 Å². The molecule has 18 heavy (non-hydrogen) atoms. The Balaban J connectivity index is 1.51. The van der Waals surface area contributed by atoms with E-state index in [-0.39, 0.29) is 0 Å². The van der Waals surface area contributed by atoms with Crippen LogP contribution in [-0.2, 0) is 0 Å². The fourth-order valence-corrected chi connectivity index (χ4v) is 4.00. The molecule has 2 aliphatic heterocycles. The minimum absolute atomic E-state index is 0.747. The van der Waals surface area contributed by atoms with Crippen LogP contribution in [0.1, 0.15) is 39.5 Å². The summed E-state index contributed by atoms with van der Waals surface area (Å²) in [7, 11) is 2.25. The van der Waals surface area contributed by atoms with Gasteiger partial charge >= 0.3 is 0 Å². The molecule has 3 rings (SSSR count). The second-order valence-electron chi connectivity index (χ2n) is 7.01. The molecule has 3 heteroatoms. The van der Waals surface area contributed by atoms with E-state index in [2.05, 4.69) is 36.0 Å². The van der Waals surface area contributed by atoms with Crippen LogP contribution in [0.2, 0.25) is 0 Å². The third-order valence-corrected chi connectivity index (χ3v) is 5.20. The van der Waals surface area contributed by atoms with Gasteiger partial charge in [-0.1, -0.05) is 6.92 Å². The molecule has 3 nitrogen and oxygen atoms in total. The minimum atomic E-state index is 0.747. The normalized spacial score (nSPS) is 43.5. The molecule has 3 aliphatic rings. The molecule has 2 saturated heterocycles. The zero-order chi connectivity index (χ0) is 12.7.